The Morgan fingerprint density at radius 1 is 1.19 bits per heavy atom. The molecule has 8 nitrogen and oxygen atoms in total. The van der Waals surface area contributed by atoms with Crippen molar-refractivity contribution in [1.29, 1.82) is 0 Å². The monoisotopic (exact) mass is 531 g/mol. The highest BCUT2D eigenvalue weighted by Crippen LogP contribution is 2.37. The molecule has 0 aliphatic carbocycles. The number of aromatic amines is 1. The molecule has 160 valence electrons. The van der Waals surface area contributed by atoms with Crippen molar-refractivity contribution in [3.8, 4) is 17.3 Å². The first-order valence-corrected chi connectivity index (χ1v) is 11.3. The van der Waals surface area contributed by atoms with Crippen molar-refractivity contribution in [1.82, 2.24) is 24.8 Å². The predicted octanol–water partition coefficient (Wildman–Crippen LogP) is 3.24. The van der Waals surface area contributed by atoms with Gasteiger partial charge in [0, 0.05) is 15.8 Å². The molecule has 4 heterocycles. The molecule has 1 aromatic carbocycles. The van der Waals surface area contributed by atoms with Gasteiger partial charge >= 0.3 is 0 Å². The number of hydrogen-bond acceptors (Lipinski definition) is 6. The van der Waals surface area contributed by atoms with Crippen molar-refractivity contribution in [3.05, 3.63) is 38.6 Å². The van der Waals surface area contributed by atoms with E-state index in [4.69, 9.17) is 9.72 Å². The minimum atomic E-state index is -0.204. The van der Waals surface area contributed by atoms with Gasteiger partial charge in [-0.05, 0) is 80.2 Å². The highest BCUT2D eigenvalue weighted by Gasteiger charge is 2.42. The number of nitrogens with one attached hydrogen (secondary N) is 1. The number of H-pyrrole nitrogens is 1. The van der Waals surface area contributed by atoms with Crippen molar-refractivity contribution >= 4 is 45.4 Å². The number of methoxy groups -OCH3 is 1. The molecule has 1 N–H and O–H groups in total. The van der Waals surface area contributed by atoms with E-state index in [1.165, 1.54) is 4.90 Å². The third kappa shape index (κ3) is 3.13. The number of likely N-dealkylation sites (tertiary alicyclic amines) is 1. The van der Waals surface area contributed by atoms with Crippen LogP contribution in [0.2, 0.25) is 0 Å². The molecule has 1 fully saturated rings. The Morgan fingerprint density at radius 2 is 1.94 bits per heavy atom. The largest absolute Gasteiger partial charge is 0.480 e. The van der Waals surface area contributed by atoms with Crippen molar-refractivity contribution in [2.45, 2.75) is 25.8 Å². The van der Waals surface area contributed by atoms with Gasteiger partial charge < -0.3 is 14.6 Å². The number of imide groups is 1. The summed E-state index contributed by atoms with van der Waals surface area (Å²) >= 11 is 2.22. The number of imidazole rings is 1. The van der Waals surface area contributed by atoms with E-state index in [2.05, 4.69) is 44.5 Å². The summed E-state index contributed by atoms with van der Waals surface area (Å²) in [7, 11) is 3.63. The Balaban J connectivity index is 1.60. The van der Waals surface area contributed by atoms with E-state index in [-0.39, 0.29) is 17.9 Å². The number of aromatic nitrogens is 3. The molecule has 5 rings (SSSR count). The van der Waals surface area contributed by atoms with Crippen LogP contribution in [0.5, 0.6) is 5.88 Å². The van der Waals surface area contributed by atoms with Gasteiger partial charge in [-0.2, -0.15) is 0 Å². The average molecular weight is 531 g/mol. The van der Waals surface area contributed by atoms with Gasteiger partial charge in [0.15, 0.2) is 0 Å². The number of fused-ring (bicyclic) bond motifs is 2. The van der Waals surface area contributed by atoms with Crippen LogP contribution in [0.1, 0.15) is 39.1 Å². The number of rotatable bonds is 3. The lowest BCUT2D eigenvalue weighted by Gasteiger charge is -2.33. The van der Waals surface area contributed by atoms with Crippen molar-refractivity contribution < 1.29 is 14.3 Å². The minimum absolute atomic E-state index is 0.0499. The summed E-state index contributed by atoms with van der Waals surface area (Å²) in [6.45, 7) is 3.63. The standard InChI is InChI=1S/C22H22IN5O3/c1-11-16-13(21(29)28(22(16)30)12-5-8-27(2)9-6-12)10-15-18(11)26-19(25-15)17-14(23)4-7-24-20(17)31-3/h4,7,10,12H,5-6,8-9H2,1-3H3,(H,25,26). The molecule has 0 spiro atoms. The van der Waals surface area contributed by atoms with Crippen molar-refractivity contribution in [3.63, 3.8) is 0 Å². The highest BCUT2D eigenvalue weighted by atomic mass is 127. The van der Waals surface area contributed by atoms with Gasteiger partial charge in [0.2, 0.25) is 5.88 Å². The number of halogens is 1. The van der Waals surface area contributed by atoms with Crippen LogP contribution in [0, 0.1) is 10.5 Å². The van der Waals surface area contributed by atoms with Gasteiger partial charge in [-0.3, -0.25) is 14.5 Å². The molecular formula is C22H22IN5O3. The van der Waals surface area contributed by atoms with Gasteiger partial charge in [-0.15, -0.1) is 0 Å². The number of carbonyl (C=O) groups excluding carboxylic acids is 2. The topological polar surface area (TPSA) is 91.4 Å². The lowest BCUT2D eigenvalue weighted by molar-refractivity contribution is 0.0516. The Hall–Kier alpha value is -2.53. The predicted molar refractivity (Wildman–Crippen MR) is 124 cm³/mol. The van der Waals surface area contributed by atoms with E-state index in [1.807, 2.05) is 13.0 Å². The fourth-order valence-corrected chi connectivity index (χ4v) is 5.24. The summed E-state index contributed by atoms with van der Waals surface area (Å²) in [6, 6.07) is 3.59. The molecule has 2 aromatic heterocycles. The molecule has 0 radical (unpaired) electrons. The second kappa shape index (κ2) is 7.56. The fourth-order valence-electron chi connectivity index (χ4n) is 4.59. The number of piperidine rings is 1. The molecule has 2 amide bonds. The lowest BCUT2D eigenvalue weighted by atomic mass is 10.0. The molecule has 0 unspecified atom stereocenters. The Labute approximate surface area is 193 Å². The van der Waals surface area contributed by atoms with Crippen LogP contribution in [-0.2, 0) is 0 Å². The summed E-state index contributed by atoms with van der Waals surface area (Å²) in [5, 5.41) is 0. The molecule has 2 aliphatic rings. The number of hydrogen-bond donors (Lipinski definition) is 1. The van der Waals surface area contributed by atoms with Crippen LogP contribution in [0.3, 0.4) is 0 Å². The Kier molecular flexibility index (Phi) is 4.97. The lowest BCUT2D eigenvalue weighted by Crippen LogP contribution is -2.46. The zero-order chi connectivity index (χ0) is 21.9. The summed E-state index contributed by atoms with van der Waals surface area (Å²) in [5.74, 6) is 0.663. The van der Waals surface area contributed by atoms with E-state index in [0.717, 1.165) is 46.1 Å². The number of benzene rings is 1. The number of ether oxygens (including phenoxy) is 1. The summed E-state index contributed by atoms with van der Waals surface area (Å²) < 4.78 is 6.35. The molecule has 0 atom stereocenters. The molecule has 0 saturated carbocycles. The number of amides is 2. The van der Waals surface area contributed by atoms with Gasteiger partial charge in [-0.1, -0.05) is 0 Å². The second-order valence-corrected chi connectivity index (χ2v) is 9.26. The average Bonchev–Trinajstić information content (AvgIpc) is 3.28. The number of aryl methyl sites for hydroxylation is 1. The SMILES string of the molecule is COc1nccc(I)c1-c1nc2c(C)c3c(cc2[nH]1)C(=O)N(C1CCN(C)CC1)C3=O. The fraction of sp³-hybridized carbons (Fsp3) is 0.364. The zero-order valence-electron chi connectivity index (χ0n) is 17.5. The van der Waals surface area contributed by atoms with E-state index in [0.29, 0.717) is 28.3 Å². The third-order valence-corrected chi connectivity index (χ3v) is 7.15. The highest BCUT2D eigenvalue weighted by molar-refractivity contribution is 14.1. The second-order valence-electron chi connectivity index (χ2n) is 8.10. The van der Waals surface area contributed by atoms with Crippen LogP contribution in [0.25, 0.3) is 22.4 Å². The van der Waals surface area contributed by atoms with Crippen molar-refractivity contribution in [2.75, 3.05) is 27.2 Å². The van der Waals surface area contributed by atoms with E-state index in [9.17, 15) is 9.59 Å². The number of nitrogens with zero attached hydrogens (tertiary/aromatic N) is 4. The molecule has 3 aromatic rings. The Morgan fingerprint density at radius 3 is 2.65 bits per heavy atom. The summed E-state index contributed by atoms with van der Waals surface area (Å²) in [6.07, 6.45) is 3.29. The molecular weight excluding hydrogens is 509 g/mol. The third-order valence-electron chi connectivity index (χ3n) is 6.25. The number of pyridine rings is 1. The van der Waals surface area contributed by atoms with Crippen LogP contribution >= 0.6 is 22.6 Å². The maximum Gasteiger partial charge on any atom is 0.262 e. The first kappa shape index (κ1) is 20.4. The normalized spacial score (nSPS) is 17.6. The van der Waals surface area contributed by atoms with Crippen LogP contribution < -0.4 is 4.74 Å². The van der Waals surface area contributed by atoms with E-state index in [1.54, 1.807) is 19.4 Å². The van der Waals surface area contributed by atoms with Gasteiger partial charge in [0.05, 0.1) is 34.8 Å². The maximum absolute atomic E-state index is 13.3. The smallest absolute Gasteiger partial charge is 0.262 e. The number of carbonyl (C=O) groups is 2. The van der Waals surface area contributed by atoms with Gasteiger partial charge in [0.25, 0.3) is 11.8 Å². The van der Waals surface area contributed by atoms with E-state index < -0.39 is 0 Å². The first-order valence-electron chi connectivity index (χ1n) is 10.2. The van der Waals surface area contributed by atoms with Gasteiger partial charge in [-0.25, -0.2) is 9.97 Å². The molecule has 2 aliphatic heterocycles. The zero-order valence-corrected chi connectivity index (χ0v) is 19.7. The van der Waals surface area contributed by atoms with Crippen molar-refractivity contribution in [2.24, 2.45) is 0 Å². The first-order chi connectivity index (χ1) is 14.9. The summed E-state index contributed by atoms with van der Waals surface area (Å²) in [4.78, 5) is 42.6. The maximum atomic E-state index is 13.3. The Bertz CT molecular complexity index is 1230. The van der Waals surface area contributed by atoms with Gasteiger partial charge in [0.1, 0.15) is 5.82 Å². The minimum Gasteiger partial charge on any atom is -0.480 e. The molecule has 0 bridgehead atoms. The molecule has 9 heteroatoms. The summed E-state index contributed by atoms with van der Waals surface area (Å²) in [5.41, 5.74) is 3.81. The quantitative estimate of drug-likeness (QED) is 0.413. The molecule has 1 saturated heterocycles. The van der Waals surface area contributed by atoms with Crippen LogP contribution in [0.15, 0.2) is 18.3 Å². The van der Waals surface area contributed by atoms with Crippen LogP contribution in [0.4, 0.5) is 0 Å². The molecule has 31 heavy (non-hydrogen) atoms. The van der Waals surface area contributed by atoms with Crippen LogP contribution in [-0.4, -0.2) is 69.9 Å². The van der Waals surface area contributed by atoms with E-state index >= 15 is 0 Å².